The summed E-state index contributed by atoms with van der Waals surface area (Å²) in [4.78, 5) is 72.3. The molecule has 2 saturated heterocycles. The summed E-state index contributed by atoms with van der Waals surface area (Å²) in [6.45, 7) is 3.61. The van der Waals surface area contributed by atoms with Crippen molar-refractivity contribution in [2.75, 3.05) is 26.2 Å². The molecule has 12 heteroatoms. The number of hydrogen-bond acceptors (Lipinski definition) is 6. The highest BCUT2D eigenvalue weighted by Gasteiger charge is 2.16. The Morgan fingerprint density at radius 1 is 0.309 bits per heavy atom. The first-order chi connectivity index (χ1) is 33.0. The topological polar surface area (TPSA) is 213 Å². The Morgan fingerprint density at radius 3 is 0.824 bits per heavy atom. The van der Waals surface area contributed by atoms with E-state index in [1.54, 1.807) is 24.3 Å². The Kier molecular flexibility index (Phi) is 40.4. The minimum Gasteiger partial charge on any atom is -0.370 e. The van der Waals surface area contributed by atoms with Crippen LogP contribution in [0.3, 0.4) is 0 Å². The number of hydrogen-bond donors (Lipinski definition) is 4. The van der Waals surface area contributed by atoms with Crippen LogP contribution in [-0.4, -0.2) is 71.4 Å². The van der Waals surface area contributed by atoms with Crippen LogP contribution < -0.4 is 22.9 Å². The van der Waals surface area contributed by atoms with Gasteiger partial charge in [-0.3, -0.25) is 28.8 Å². The molecule has 390 valence electrons. The van der Waals surface area contributed by atoms with E-state index in [1.165, 1.54) is 173 Å². The second kappa shape index (κ2) is 44.3. The van der Waals surface area contributed by atoms with E-state index in [9.17, 15) is 28.8 Å². The van der Waals surface area contributed by atoms with Gasteiger partial charge in [0, 0.05) is 63.0 Å². The largest absolute Gasteiger partial charge is 0.370 e. The number of rotatable bonds is 24. The van der Waals surface area contributed by atoms with Crippen molar-refractivity contribution in [3.05, 3.63) is 35.4 Å². The molecule has 0 saturated carbocycles. The lowest BCUT2D eigenvalue weighted by Crippen LogP contribution is -2.33. The number of carbonyl (C=O) groups excluding carboxylic acids is 6. The zero-order valence-corrected chi connectivity index (χ0v) is 43.1. The third kappa shape index (κ3) is 38.0. The molecule has 12 nitrogen and oxygen atoms in total. The molecule has 0 aromatic heterocycles. The van der Waals surface area contributed by atoms with Gasteiger partial charge in [0.05, 0.1) is 0 Å². The van der Waals surface area contributed by atoms with Gasteiger partial charge in [0.1, 0.15) is 0 Å². The van der Waals surface area contributed by atoms with Gasteiger partial charge in [-0.05, 0) is 75.6 Å². The van der Waals surface area contributed by atoms with E-state index in [2.05, 4.69) is 4.90 Å². The van der Waals surface area contributed by atoms with Crippen molar-refractivity contribution in [1.82, 2.24) is 9.80 Å². The normalized spacial score (nSPS) is 15.9. The number of carbonyl (C=O) groups is 6. The SMILES string of the molecule is NC(=O)CCCCCCCCCCC(=O)N1CCCCCCCCCCCC1.NC(=O)CCCCCCCCCCC(N)=O.NC(=O)c1ccc(C(=O)N2CCCCCCCCCCCC2)cc1. The zero-order chi connectivity index (χ0) is 49.7. The molecular weight excluding hydrogens is 853 g/mol. The fourth-order valence-corrected chi connectivity index (χ4v) is 9.13. The molecule has 0 bridgehead atoms. The molecule has 0 radical (unpaired) electrons. The second-order valence-electron chi connectivity index (χ2n) is 19.7. The lowest BCUT2D eigenvalue weighted by molar-refractivity contribution is -0.131. The number of primary amides is 4. The molecule has 1 aromatic carbocycles. The maximum atomic E-state index is 12.8. The second-order valence-corrected chi connectivity index (χ2v) is 19.7. The molecular formula is C56H100N6O6. The summed E-state index contributed by atoms with van der Waals surface area (Å²) >= 11 is 0. The quantitative estimate of drug-likeness (QED) is 0.0739. The van der Waals surface area contributed by atoms with Crippen LogP contribution >= 0.6 is 0 Å². The number of unbranched alkanes of at least 4 members (excludes halogenated alkanes) is 14. The van der Waals surface area contributed by atoms with Crippen LogP contribution in [0.5, 0.6) is 0 Å². The summed E-state index contributed by atoms with van der Waals surface area (Å²) in [5.74, 6) is -0.589. The Balaban J connectivity index is 0.000000529. The summed E-state index contributed by atoms with van der Waals surface area (Å²) in [5, 5.41) is 0. The Hall–Kier alpha value is -3.96. The monoisotopic (exact) mass is 953 g/mol. The number of benzene rings is 1. The molecule has 0 spiro atoms. The molecule has 1 aromatic rings. The molecule has 2 fully saturated rings. The average molecular weight is 953 g/mol. The first kappa shape index (κ1) is 62.1. The highest BCUT2D eigenvalue weighted by Crippen LogP contribution is 2.18. The van der Waals surface area contributed by atoms with Gasteiger partial charge >= 0.3 is 0 Å². The molecule has 0 atom stereocenters. The van der Waals surface area contributed by atoms with E-state index < -0.39 is 5.91 Å². The summed E-state index contributed by atoms with van der Waals surface area (Å²) in [7, 11) is 0. The highest BCUT2D eigenvalue weighted by molar-refractivity contribution is 5.97. The van der Waals surface area contributed by atoms with Crippen LogP contribution in [0.2, 0.25) is 0 Å². The molecule has 2 aliphatic rings. The van der Waals surface area contributed by atoms with Gasteiger partial charge in [-0.2, -0.15) is 0 Å². The summed E-state index contributed by atoms with van der Waals surface area (Å²) in [6, 6.07) is 6.69. The van der Waals surface area contributed by atoms with E-state index in [0.717, 1.165) is 90.4 Å². The minimum atomic E-state index is -0.462. The molecule has 3 rings (SSSR count). The van der Waals surface area contributed by atoms with Crippen LogP contribution in [-0.2, 0) is 19.2 Å². The predicted octanol–water partition coefficient (Wildman–Crippen LogP) is 12.1. The number of nitrogens with two attached hydrogens (primary N) is 4. The van der Waals surface area contributed by atoms with E-state index in [-0.39, 0.29) is 23.6 Å². The summed E-state index contributed by atoms with van der Waals surface area (Å²) in [6.07, 6.45) is 45.8. The third-order valence-corrected chi connectivity index (χ3v) is 13.4. The van der Waals surface area contributed by atoms with Crippen LogP contribution in [0.1, 0.15) is 278 Å². The highest BCUT2D eigenvalue weighted by atomic mass is 16.2. The van der Waals surface area contributed by atoms with Crippen LogP contribution in [0.4, 0.5) is 0 Å². The van der Waals surface area contributed by atoms with Crippen LogP contribution in [0, 0.1) is 0 Å². The lowest BCUT2D eigenvalue weighted by atomic mass is 10.1. The Labute approximate surface area is 414 Å². The van der Waals surface area contributed by atoms with Crippen molar-refractivity contribution in [3.63, 3.8) is 0 Å². The lowest BCUT2D eigenvalue weighted by Gasteiger charge is -2.23. The van der Waals surface area contributed by atoms with Crippen molar-refractivity contribution < 1.29 is 28.8 Å². The van der Waals surface area contributed by atoms with Gasteiger partial charge < -0.3 is 32.7 Å². The molecule has 2 aliphatic heterocycles. The zero-order valence-electron chi connectivity index (χ0n) is 43.1. The van der Waals surface area contributed by atoms with Gasteiger partial charge in [-0.15, -0.1) is 0 Å². The van der Waals surface area contributed by atoms with E-state index in [1.807, 2.05) is 4.90 Å². The third-order valence-electron chi connectivity index (χ3n) is 13.4. The maximum absolute atomic E-state index is 12.8. The van der Waals surface area contributed by atoms with E-state index >= 15 is 0 Å². The van der Waals surface area contributed by atoms with Gasteiger partial charge in [0.25, 0.3) is 5.91 Å². The van der Waals surface area contributed by atoms with Gasteiger partial charge in [-0.1, -0.05) is 180 Å². The molecule has 0 unspecified atom stereocenters. The average Bonchev–Trinajstić information content (AvgIpc) is 3.36. The summed E-state index contributed by atoms with van der Waals surface area (Å²) in [5.41, 5.74) is 21.6. The predicted molar refractivity (Wildman–Crippen MR) is 280 cm³/mol. The molecule has 8 N–H and O–H groups in total. The fraction of sp³-hybridized carbons (Fsp3) is 0.786. The smallest absolute Gasteiger partial charge is 0.253 e. The maximum Gasteiger partial charge on any atom is 0.253 e. The number of amides is 6. The molecule has 2 heterocycles. The van der Waals surface area contributed by atoms with E-state index in [0.29, 0.717) is 36.3 Å². The number of nitrogens with zero attached hydrogens (tertiary/aromatic N) is 2. The van der Waals surface area contributed by atoms with Crippen molar-refractivity contribution >= 4 is 35.4 Å². The van der Waals surface area contributed by atoms with Crippen LogP contribution in [0.25, 0.3) is 0 Å². The molecule has 6 amide bonds. The van der Waals surface area contributed by atoms with Gasteiger partial charge in [0.2, 0.25) is 29.5 Å². The van der Waals surface area contributed by atoms with Gasteiger partial charge in [0.15, 0.2) is 0 Å². The minimum absolute atomic E-state index is 0.0703. The summed E-state index contributed by atoms with van der Waals surface area (Å²) < 4.78 is 0. The van der Waals surface area contributed by atoms with Crippen molar-refractivity contribution in [3.8, 4) is 0 Å². The first-order valence-corrected chi connectivity index (χ1v) is 27.8. The van der Waals surface area contributed by atoms with Crippen molar-refractivity contribution in [1.29, 1.82) is 0 Å². The van der Waals surface area contributed by atoms with Crippen molar-refractivity contribution in [2.45, 2.75) is 257 Å². The fourth-order valence-electron chi connectivity index (χ4n) is 9.13. The van der Waals surface area contributed by atoms with E-state index in [4.69, 9.17) is 22.9 Å². The van der Waals surface area contributed by atoms with Crippen molar-refractivity contribution in [2.24, 2.45) is 22.9 Å². The van der Waals surface area contributed by atoms with Crippen LogP contribution in [0.15, 0.2) is 24.3 Å². The Morgan fingerprint density at radius 2 is 0.544 bits per heavy atom. The van der Waals surface area contributed by atoms with Gasteiger partial charge in [-0.25, -0.2) is 0 Å². The first-order valence-electron chi connectivity index (χ1n) is 27.8. The molecule has 0 aliphatic carbocycles. The standard InChI is InChI=1S/C24H46N2O2.C20H30N2O2.C12H24N2O2/c25-23(27)19-15-11-7-3-4-8-12-16-20-24(28)26-21-17-13-9-5-1-2-6-10-14-18-22-26;21-19(23)17-11-13-18(14-12-17)20(24)22-15-9-7-5-3-1-2-4-6-8-10-16-22;13-11(15)9-7-5-3-1-2-4-6-8-10-12(14)16/h1-22H2,(H2,25,27);11-14H,1-10,15-16H2,(H2,21,23);1-10H2,(H2,13,15)(H2,14,16). The molecule has 68 heavy (non-hydrogen) atoms. The Bertz CT molecular complexity index is 1410.